The van der Waals surface area contributed by atoms with Crippen molar-refractivity contribution in [1.82, 2.24) is 5.32 Å². The van der Waals surface area contributed by atoms with Gasteiger partial charge in [-0.3, -0.25) is 0 Å². The molecule has 8 heteroatoms. The van der Waals surface area contributed by atoms with E-state index in [-0.39, 0.29) is 23.7 Å². The predicted molar refractivity (Wildman–Crippen MR) is 96.7 cm³/mol. The van der Waals surface area contributed by atoms with Crippen molar-refractivity contribution < 1.29 is 27.1 Å². The molecule has 28 heavy (non-hydrogen) atoms. The van der Waals surface area contributed by atoms with Gasteiger partial charge in [-0.2, -0.15) is 13.2 Å². The minimum Gasteiger partial charge on any atom is -0.490 e. The Balaban J connectivity index is 1.45. The maximum absolute atomic E-state index is 12.9. The Morgan fingerprint density at radius 2 is 1.68 bits per heavy atom. The number of amides is 2. The molecule has 1 aliphatic rings. The summed E-state index contributed by atoms with van der Waals surface area (Å²) < 4.78 is 56.9. The summed E-state index contributed by atoms with van der Waals surface area (Å²) in [5, 5.41) is 5.22. The summed E-state index contributed by atoms with van der Waals surface area (Å²) >= 11 is 0. The van der Waals surface area contributed by atoms with Crippen LogP contribution in [0.25, 0.3) is 0 Å². The van der Waals surface area contributed by atoms with Gasteiger partial charge >= 0.3 is 12.2 Å². The molecule has 2 aromatic carbocycles. The topological polar surface area (TPSA) is 50.4 Å². The van der Waals surface area contributed by atoms with Crippen LogP contribution in [0.4, 0.5) is 28.0 Å². The van der Waals surface area contributed by atoms with E-state index in [1.807, 2.05) is 0 Å². The highest BCUT2D eigenvalue weighted by Gasteiger charge is 2.30. The molecule has 0 heterocycles. The summed E-state index contributed by atoms with van der Waals surface area (Å²) in [7, 11) is 0. The predicted octanol–water partition coefficient (Wildman–Crippen LogP) is 5.36. The number of alkyl halides is 3. The van der Waals surface area contributed by atoms with Crippen LogP contribution < -0.4 is 15.4 Å². The molecule has 1 saturated carbocycles. The quantitative estimate of drug-likeness (QED) is 0.684. The summed E-state index contributed by atoms with van der Waals surface area (Å²) in [6, 6.07) is 9.68. The van der Waals surface area contributed by atoms with Crippen molar-refractivity contribution in [2.24, 2.45) is 0 Å². The fraction of sp³-hybridized carbons (Fsp3) is 0.350. The number of ether oxygens (including phenoxy) is 1. The summed E-state index contributed by atoms with van der Waals surface area (Å²) in [5.74, 6) is 0.270. The molecule has 1 fully saturated rings. The van der Waals surface area contributed by atoms with Gasteiger partial charge < -0.3 is 15.4 Å². The molecule has 4 nitrogen and oxygen atoms in total. The first-order chi connectivity index (χ1) is 13.3. The van der Waals surface area contributed by atoms with E-state index in [0.717, 1.165) is 12.1 Å². The minimum atomic E-state index is -4.46. The number of rotatable bonds is 4. The van der Waals surface area contributed by atoms with E-state index >= 15 is 0 Å². The van der Waals surface area contributed by atoms with E-state index in [0.29, 0.717) is 31.4 Å². The lowest BCUT2D eigenvalue weighted by Crippen LogP contribution is -2.41. The maximum Gasteiger partial charge on any atom is 0.416 e. The normalized spacial score (nSPS) is 19.7. The highest BCUT2D eigenvalue weighted by Crippen LogP contribution is 2.30. The first-order valence-corrected chi connectivity index (χ1v) is 8.96. The number of nitrogens with one attached hydrogen (secondary N) is 2. The third kappa shape index (κ3) is 5.61. The summed E-state index contributed by atoms with van der Waals surface area (Å²) in [6.45, 7) is 0. The van der Waals surface area contributed by atoms with E-state index in [1.54, 1.807) is 12.1 Å². The zero-order valence-electron chi connectivity index (χ0n) is 14.9. The van der Waals surface area contributed by atoms with E-state index in [2.05, 4.69) is 10.6 Å². The number of halogens is 4. The Kier molecular flexibility index (Phi) is 6.06. The molecule has 2 aromatic rings. The van der Waals surface area contributed by atoms with Crippen molar-refractivity contribution in [1.29, 1.82) is 0 Å². The van der Waals surface area contributed by atoms with Gasteiger partial charge in [0.2, 0.25) is 0 Å². The van der Waals surface area contributed by atoms with Crippen LogP contribution in [-0.4, -0.2) is 18.2 Å². The van der Waals surface area contributed by atoms with Crippen LogP contribution in [0.2, 0.25) is 0 Å². The molecular weight excluding hydrogens is 376 g/mol. The van der Waals surface area contributed by atoms with Crippen molar-refractivity contribution in [3.8, 4) is 5.75 Å². The Labute approximate surface area is 159 Å². The fourth-order valence-electron chi connectivity index (χ4n) is 3.16. The Hall–Kier alpha value is -2.77. The molecule has 1 aliphatic carbocycles. The van der Waals surface area contributed by atoms with E-state index in [9.17, 15) is 22.4 Å². The van der Waals surface area contributed by atoms with Crippen molar-refractivity contribution >= 4 is 11.7 Å². The highest BCUT2D eigenvalue weighted by molar-refractivity contribution is 5.89. The molecule has 3 rings (SSSR count). The smallest absolute Gasteiger partial charge is 0.416 e. The van der Waals surface area contributed by atoms with Crippen molar-refractivity contribution in [3.63, 3.8) is 0 Å². The molecule has 0 radical (unpaired) electrons. The molecule has 0 bridgehead atoms. The highest BCUT2D eigenvalue weighted by atomic mass is 19.4. The van der Waals surface area contributed by atoms with Crippen LogP contribution in [0.3, 0.4) is 0 Å². The molecular formula is C20H20F4N2O2. The van der Waals surface area contributed by atoms with Gasteiger partial charge in [0, 0.05) is 11.7 Å². The zero-order valence-corrected chi connectivity index (χ0v) is 14.9. The Bertz CT molecular complexity index is 801. The largest absolute Gasteiger partial charge is 0.490 e. The first kappa shape index (κ1) is 20.0. The number of carbonyl (C=O) groups is 1. The number of urea groups is 1. The minimum absolute atomic E-state index is 0.0185. The van der Waals surface area contributed by atoms with Gasteiger partial charge in [-0.05, 0) is 68.1 Å². The van der Waals surface area contributed by atoms with E-state index < -0.39 is 17.8 Å². The van der Waals surface area contributed by atoms with Gasteiger partial charge in [-0.15, -0.1) is 0 Å². The molecule has 0 atom stereocenters. The lowest BCUT2D eigenvalue weighted by molar-refractivity contribution is -0.137. The molecule has 0 aromatic heterocycles. The molecule has 0 saturated heterocycles. The van der Waals surface area contributed by atoms with Gasteiger partial charge in [-0.25, -0.2) is 9.18 Å². The molecule has 2 N–H and O–H groups in total. The fourth-order valence-corrected chi connectivity index (χ4v) is 3.16. The van der Waals surface area contributed by atoms with Crippen LogP contribution in [0, 0.1) is 5.82 Å². The Morgan fingerprint density at radius 3 is 2.32 bits per heavy atom. The van der Waals surface area contributed by atoms with Crippen molar-refractivity contribution in [2.45, 2.75) is 44.0 Å². The van der Waals surface area contributed by atoms with Gasteiger partial charge in [-0.1, -0.05) is 6.07 Å². The SMILES string of the molecule is O=C(Nc1cccc(C(F)(F)F)c1)N[C@H]1CC[C@@H](Oc2ccc(F)cc2)CC1. The van der Waals surface area contributed by atoms with Gasteiger partial charge in [0.15, 0.2) is 0 Å². The van der Waals surface area contributed by atoms with Gasteiger partial charge in [0.05, 0.1) is 11.7 Å². The zero-order chi connectivity index (χ0) is 20.1. The van der Waals surface area contributed by atoms with Crippen LogP contribution in [0.15, 0.2) is 48.5 Å². The van der Waals surface area contributed by atoms with E-state index in [4.69, 9.17) is 4.74 Å². The monoisotopic (exact) mass is 396 g/mol. The van der Waals surface area contributed by atoms with Crippen LogP contribution >= 0.6 is 0 Å². The van der Waals surface area contributed by atoms with Crippen molar-refractivity contribution in [2.75, 3.05) is 5.32 Å². The first-order valence-electron chi connectivity index (χ1n) is 8.96. The van der Waals surface area contributed by atoms with Crippen LogP contribution in [-0.2, 0) is 6.18 Å². The lowest BCUT2D eigenvalue weighted by Gasteiger charge is -2.29. The molecule has 0 spiro atoms. The summed E-state index contributed by atoms with van der Waals surface area (Å²) in [5.41, 5.74) is -0.732. The number of hydrogen-bond donors (Lipinski definition) is 2. The maximum atomic E-state index is 12.9. The number of anilines is 1. The average molecular weight is 396 g/mol. The van der Waals surface area contributed by atoms with Gasteiger partial charge in [0.25, 0.3) is 0 Å². The number of hydrogen-bond acceptors (Lipinski definition) is 2. The van der Waals surface area contributed by atoms with Crippen molar-refractivity contribution in [3.05, 3.63) is 59.9 Å². The second kappa shape index (κ2) is 8.50. The molecule has 150 valence electrons. The van der Waals surface area contributed by atoms with Crippen LogP contribution in [0.5, 0.6) is 5.75 Å². The lowest BCUT2D eigenvalue weighted by atomic mass is 9.93. The third-order valence-corrected chi connectivity index (χ3v) is 4.57. The summed E-state index contributed by atoms with van der Waals surface area (Å²) in [4.78, 5) is 12.1. The summed E-state index contributed by atoms with van der Waals surface area (Å²) in [6.07, 6.45) is -1.69. The number of benzene rings is 2. The molecule has 0 aliphatic heterocycles. The average Bonchev–Trinajstić information content (AvgIpc) is 2.65. The molecule has 2 amide bonds. The Morgan fingerprint density at radius 1 is 1.00 bits per heavy atom. The second-order valence-electron chi connectivity index (χ2n) is 6.72. The standard InChI is InChI=1S/C20H20F4N2O2/c21-14-4-8-17(9-5-14)28-18-10-6-15(7-11-18)25-19(27)26-16-3-1-2-13(12-16)20(22,23)24/h1-5,8-9,12,15,18H,6-7,10-11H2,(H2,25,26,27)/t15-,18+. The molecule has 0 unspecified atom stereocenters. The van der Waals surface area contributed by atoms with E-state index in [1.165, 1.54) is 24.3 Å². The third-order valence-electron chi connectivity index (χ3n) is 4.57. The van der Waals surface area contributed by atoms with Gasteiger partial charge in [0.1, 0.15) is 11.6 Å². The second-order valence-corrected chi connectivity index (χ2v) is 6.72. The number of carbonyl (C=O) groups excluding carboxylic acids is 1. The van der Waals surface area contributed by atoms with Crippen LogP contribution in [0.1, 0.15) is 31.2 Å².